The van der Waals surface area contributed by atoms with E-state index in [4.69, 9.17) is 0 Å². The van der Waals surface area contributed by atoms with E-state index < -0.39 is 144 Å². The van der Waals surface area contributed by atoms with Crippen molar-refractivity contribution in [2.75, 3.05) is 19.6 Å². The number of nitrogens with one attached hydrogen (secondary N) is 1. The van der Waals surface area contributed by atoms with Gasteiger partial charge < -0.3 is 4.90 Å². The van der Waals surface area contributed by atoms with Crippen molar-refractivity contribution in [3.8, 4) is 0 Å². The molecule has 4 aromatic carbocycles. The van der Waals surface area contributed by atoms with Gasteiger partial charge >= 0.3 is 0 Å². The standard InChI is InChI=1S/C27H57N.C24BF20/c1-4-7-10-13-16-19-22-25-28(26-23-20-17-14-11-8-5-2)27-24-21-18-15-12-9-6-3;26-5-1(6(27)14(35)21(42)13(5)34)25(2-7(28)15(36)22(43)16(37)8(2)29,3-9(30)17(38)23(44)18(39)10(3)31)4-11(32)19(40)24(45)20(41)12(4)33/h4-27H2,1-3H3;/q;-1/p+1. The first-order valence-electron chi connectivity index (χ1n) is 24.6. The average Bonchev–Trinajstić information content (AvgIpc) is 3.37. The summed E-state index contributed by atoms with van der Waals surface area (Å²) in [5.41, 5.74) is -14.3. The largest absolute Gasteiger partial charge is 0.335 e. The van der Waals surface area contributed by atoms with Gasteiger partial charge in [0.05, 0.1) is 19.6 Å². The number of hydrogen-bond acceptors (Lipinski definition) is 0. The molecule has 1 N–H and O–H groups in total. The highest BCUT2D eigenvalue weighted by Crippen LogP contribution is 2.31. The molecule has 0 amide bonds. The average molecular weight is 1080 g/mol. The smallest absolute Gasteiger partial charge is 0.200 e. The van der Waals surface area contributed by atoms with Crippen LogP contribution in [0, 0.1) is 116 Å². The van der Waals surface area contributed by atoms with Gasteiger partial charge in [-0.2, -0.15) is 0 Å². The predicted octanol–water partition coefficient (Wildman–Crippen LogP) is 14.0. The van der Waals surface area contributed by atoms with Crippen molar-refractivity contribution in [2.45, 2.75) is 156 Å². The van der Waals surface area contributed by atoms with Crippen molar-refractivity contribution in [2.24, 2.45) is 0 Å². The van der Waals surface area contributed by atoms with Gasteiger partial charge in [0.25, 0.3) is 0 Å². The molecule has 410 valence electrons. The SMILES string of the molecule is CCCCCCCCC[NH+](CCCCCCCCC)CCCCCCCCC.Fc1c(F)c(F)c([B-](c2c(F)c(F)c(F)c(F)c2F)(c2c(F)c(F)c(F)c(F)c2F)c2c(F)c(F)c(F)c(F)c2F)c(F)c1F. The van der Waals surface area contributed by atoms with Gasteiger partial charge in [0, 0.05) is 0 Å². The summed E-state index contributed by atoms with van der Waals surface area (Å²) in [6, 6.07) is 0. The van der Waals surface area contributed by atoms with Crippen molar-refractivity contribution in [1.29, 1.82) is 0 Å². The maximum absolute atomic E-state index is 15.4. The highest BCUT2D eigenvalue weighted by Gasteiger charge is 2.52. The maximum atomic E-state index is 15.4. The van der Waals surface area contributed by atoms with E-state index in [1.807, 2.05) is 4.90 Å². The van der Waals surface area contributed by atoms with Gasteiger partial charge in [-0.3, -0.25) is 0 Å². The van der Waals surface area contributed by atoms with Crippen LogP contribution in [0.4, 0.5) is 87.8 Å². The Labute approximate surface area is 411 Å². The lowest BCUT2D eigenvalue weighted by atomic mass is 9.12. The van der Waals surface area contributed by atoms with Gasteiger partial charge in [0.2, 0.25) is 0 Å². The third-order valence-electron chi connectivity index (χ3n) is 13.1. The summed E-state index contributed by atoms with van der Waals surface area (Å²) in [5, 5.41) is 0. The van der Waals surface area contributed by atoms with Crippen LogP contribution in [0.25, 0.3) is 0 Å². The summed E-state index contributed by atoms with van der Waals surface area (Å²) < 4.78 is 294. The molecule has 1 nitrogen and oxygen atoms in total. The number of benzene rings is 4. The Kier molecular flexibility index (Phi) is 25.4. The number of hydrogen-bond donors (Lipinski definition) is 1. The lowest BCUT2D eigenvalue weighted by molar-refractivity contribution is -0.900. The number of rotatable bonds is 28. The molecule has 0 radical (unpaired) electrons. The van der Waals surface area contributed by atoms with E-state index in [0.717, 1.165) is 0 Å². The first-order chi connectivity index (χ1) is 34.5. The minimum absolute atomic E-state index is 1.37. The van der Waals surface area contributed by atoms with Crippen molar-refractivity contribution in [1.82, 2.24) is 0 Å². The van der Waals surface area contributed by atoms with Crippen LogP contribution < -0.4 is 26.8 Å². The van der Waals surface area contributed by atoms with Gasteiger partial charge in [-0.05, 0) is 38.5 Å². The van der Waals surface area contributed by atoms with Gasteiger partial charge in [0.1, 0.15) is 52.7 Å². The molecule has 0 saturated heterocycles. The predicted molar refractivity (Wildman–Crippen MR) is 239 cm³/mol. The Hall–Kier alpha value is -4.50. The topological polar surface area (TPSA) is 4.44 Å². The Bertz CT molecular complexity index is 2020. The molecule has 0 fully saturated rings. The molecule has 0 saturated carbocycles. The van der Waals surface area contributed by atoms with Crippen LogP contribution in [0.1, 0.15) is 156 Å². The Morgan fingerprint density at radius 2 is 0.342 bits per heavy atom. The molecule has 73 heavy (non-hydrogen) atoms. The van der Waals surface area contributed by atoms with E-state index in [-0.39, 0.29) is 0 Å². The lowest BCUT2D eigenvalue weighted by Gasteiger charge is -2.44. The molecule has 0 bridgehead atoms. The molecule has 0 heterocycles. The van der Waals surface area contributed by atoms with Gasteiger partial charge in [0.15, 0.2) is 69.8 Å². The van der Waals surface area contributed by atoms with Crippen LogP contribution in [0.2, 0.25) is 0 Å². The molecule has 0 unspecified atom stereocenters. The summed E-state index contributed by atoms with van der Waals surface area (Å²) in [6.45, 7) is 11.3. The summed E-state index contributed by atoms with van der Waals surface area (Å²) in [6.07, 6.45) is 23.2. The maximum Gasteiger partial charge on any atom is 0.200 e. The van der Waals surface area contributed by atoms with Crippen LogP contribution in [0.5, 0.6) is 0 Å². The first-order valence-corrected chi connectivity index (χ1v) is 24.6. The Balaban J connectivity index is 0.000000434. The van der Waals surface area contributed by atoms with Gasteiger partial charge in [-0.25, -0.2) is 87.8 Å². The summed E-state index contributed by atoms with van der Waals surface area (Å²) in [5.74, 6) is -71.4. The second kappa shape index (κ2) is 29.6. The molecular formula is C51H58BF20N. The van der Waals surface area contributed by atoms with Gasteiger partial charge in [-0.1, -0.05) is 117 Å². The fourth-order valence-corrected chi connectivity index (χ4v) is 9.25. The lowest BCUT2D eigenvalue weighted by Crippen LogP contribution is -3.12. The Morgan fingerprint density at radius 1 is 0.205 bits per heavy atom. The summed E-state index contributed by atoms with van der Waals surface area (Å²) >= 11 is 0. The quantitative estimate of drug-likeness (QED) is 0.0190. The normalized spacial score (nSPS) is 11.8. The number of quaternary nitrogens is 1. The molecule has 0 atom stereocenters. The van der Waals surface area contributed by atoms with E-state index >= 15 is 35.1 Å². The fourth-order valence-electron chi connectivity index (χ4n) is 9.25. The van der Waals surface area contributed by atoms with E-state index in [0.29, 0.717) is 0 Å². The zero-order valence-corrected chi connectivity index (χ0v) is 40.6. The van der Waals surface area contributed by atoms with Crippen LogP contribution in [0.15, 0.2) is 0 Å². The molecule has 0 aromatic heterocycles. The second-order valence-electron chi connectivity index (χ2n) is 18.2. The minimum Gasteiger partial charge on any atom is -0.335 e. The van der Waals surface area contributed by atoms with E-state index in [1.165, 1.54) is 154 Å². The molecule has 0 aliphatic heterocycles. The van der Waals surface area contributed by atoms with Gasteiger partial charge in [-0.15, -0.1) is 21.9 Å². The summed E-state index contributed by atoms with van der Waals surface area (Å²) in [4.78, 5) is 1.93. The Morgan fingerprint density at radius 3 is 0.507 bits per heavy atom. The van der Waals surface area contributed by atoms with E-state index in [9.17, 15) is 52.7 Å². The molecule has 4 rings (SSSR count). The highest BCUT2D eigenvalue weighted by atomic mass is 19.2. The fraction of sp³-hybridized carbons (Fsp3) is 0.529. The van der Waals surface area contributed by atoms with Crippen molar-refractivity contribution < 1.29 is 92.7 Å². The monoisotopic (exact) mass is 1080 g/mol. The molecule has 0 spiro atoms. The number of unbranched alkanes of at least 4 members (excludes halogenated alkanes) is 18. The summed E-state index contributed by atoms with van der Waals surface area (Å²) in [7, 11) is 0. The van der Waals surface area contributed by atoms with Crippen molar-refractivity contribution in [3.63, 3.8) is 0 Å². The third-order valence-corrected chi connectivity index (χ3v) is 13.1. The molecule has 4 aromatic rings. The second-order valence-corrected chi connectivity index (χ2v) is 18.2. The highest BCUT2D eigenvalue weighted by molar-refractivity contribution is 7.20. The number of halogens is 20. The van der Waals surface area contributed by atoms with E-state index in [1.54, 1.807) is 0 Å². The minimum atomic E-state index is -7.22. The van der Waals surface area contributed by atoms with Crippen LogP contribution in [-0.2, 0) is 0 Å². The van der Waals surface area contributed by atoms with E-state index in [2.05, 4.69) is 20.8 Å². The van der Waals surface area contributed by atoms with Crippen LogP contribution in [-0.4, -0.2) is 25.8 Å². The first kappa shape index (κ1) is 62.8. The van der Waals surface area contributed by atoms with Crippen LogP contribution >= 0.6 is 0 Å². The molecule has 22 heteroatoms. The van der Waals surface area contributed by atoms with Crippen molar-refractivity contribution >= 4 is 28.0 Å². The molecular weight excluding hydrogens is 1020 g/mol. The zero-order chi connectivity index (χ0) is 54.9. The molecule has 0 aliphatic rings. The third kappa shape index (κ3) is 14.3. The van der Waals surface area contributed by atoms with Crippen molar-refractivity contribution in [3.05, 3.63) is 116 Å². The zero-order valence-electron chi connectivity index (χ0n) is 40.6. The molecule has 0 aliphatic carbocycles. The van der Waals surface area contributed by atoms with Crippen LogP contribution in [0.3, 0.4) is 0 Å².